The molecule has 0 saturated carbocycles. The summed E-state index contributed by atoms with van der Waals surface area (Å²) < 4.78 is 5.24. The van der Waals surface area contributed by atoms with Crippen LogP contribution in [0.5, 0.6) is 0 Å². The van der Waals surface area contributed by atoms with Gasteiger partial charge in [0, 0.05) is 39.8 Å². The molecule has 0 bridgehead atoms. The molecule has 0 aliphatic rings. The fraction of sp³-hybridized carbons (Fsp3) is 0.636. The summed E-state index contributed by atoms with van der Waals surface area (Å²) in [7, 11) is 2.09. The van der Waals surface area contributed by atoms with Crippen molar-refractivity contribution in [2.45, 2.75) is 39.2 Å². The zero-order valence-corrected chi connectivity index (χ0v) is 20.5. The van der Waals surface area contributed by atoms with E-state index in [9.17, 15) is 9.59 Å². The Morgan fingerprint density at radius 1 is 1.35 bits per heavy atom. The molecule has 116 valence electrons. The molecular weight excluding hydrogens is 604 g/mol. The minimum absolute atomic E-state index is 0. The Labute approximate surface area is 175 Å². The van der Waals surface area contributed by atoms with Gasteiger partial charge in [0.05, 0.1) is 0 Å². The molecule has 0 rings (SSSR count). The number of halogens is 2. The van der Waals surface area contributed by atoms with Crippen molar-refractivity contribution in [1.29, 1.82) is 0 Å². The zero-order valence-electron chi connectivity index (χ0n) is 12.0. The minimum atomic E-state index is -1.16. The van der Waals surface area contributed by atoms with E-state index in [-0.39, 0.29) is 38.6 Å². The average molecular weight is 623 g/mol. The first-order chi connectivity index (χ1) is 8.88. The van der Waals surface area contributed by atoms with Crippen LogP contribution in [0.4, 0.5) is 0 Å². The molecule has 1 N–H and O–H groups in total. The normalized spacial score (nSPS) is 9.50. The molecule has 0 atom stereocenters. The van der Waals surface area contributed by atoms with Crippen LogP contribution in [0.25, 0.3) is 0 Å². The van der Waals surface area contributed by atoms with E-state index in [0.717, 1.165) is 11.4 Å². The third-order valence-electron chi connectivity index (χ3n) is 2.68. The summed E-state index contributed by atoms with van der Waals surface area (Å²) in [6, 6.07) is 0. The predicted molar refractivity (Wildman–Crippen MR) is 87.1 cm³/mol. The van der Waals surface area contributed by atoms with Gasteiger partial charge < -0.3 is 14.7 Å². The second-order valence-corrected chi connectivity index (χ2v) is 15.2. The number of ether oxygens (including phenoxy) is 1. The molecule has 1 amide bonds. The average Bonchev–Trinajstić information content (AvgIpc) is 2.39. The summed E-state index contributed by atoms with van der Waals surface area (Å²) in [6.07, 6.45) is 0.993. The first kappa shape index (κ1) is 26.8. The van der Waals surface area contributed by atoms with Crippen molar-refractivity contribution in [2.24, 2.45) is 0 Å². The molecule has 1 radical (unpaired) electrons. The van der Waals surface area contributed by atoms with Gasteiger partial charge in [0.1, 0.15) is 5.60 Å². The number of rotatable bonds is 7. The monoisotopic (exact) mass is 623 g/mol. The van der Waals surface area contributed by atoms with E-state index < -0.39 is 11.6 Å². The second-order valence-electron chi connectivity index (χ2n) is 3.41. The quantitative estimate of drug-likeness (QED) is 0.350. The molecule has 0 saturated heterocycles. The summed E-state index contributed by atoms with van der Waals surface area (Å²) in [6.45, 7) is 7.51. The van der Waals surface area contributed by atoms with Crippen molar-refractivity contribution in [3.05, 3.63) is 13.1 Å². The van der Waals surface area contributed by atoms with Gasteiger partial charge in [-0.2, -0.15) is 6.92 Å². The SMILES string of the molecule is C[CH-]N([CH-]C(=O)O)C(=O)C(CC)(CC)OC.[I][V][I].[Y]. The van der Waals surface area contributed by atoms with Gasteiger partial charge in [-0.05, 0) is 12.8 Å². The van der Waals surface area contributed by atoms with E-state index in [2.05, 4.69) is 40.0 Å². The molecule has 0 aromatic carbocycles. The maximum absolute atomic E-state index is 12.1. The smallest absolute Gasteiger partial charge is 0 e. The summed E-state index contributed by atoms with van der Waals surface area (Å²) >= 11 is 4.74. The minimum Gasteiger partial charge on any atom is 0 e. The second kappa shape index (κ2) is 15.8. The van der Waals surface area contributed by atoms with Crippen LogP contribution in [-0.2, 0) is 56.5 Å². The van der Waals surface area contributed by atoms with E-state index in [1.165, 1.54) is 13.7 Å². The van der Waals surface area contributed by atoms with Gasteiger partial charge in [0.2, 0.25) is 5.91 Å². The number of hydrogen-bond acceptors (Lipinski definition) is 3. The molecule has 0 aromatic heterocycles. The summed E-state index contributed by atoms with van der Waals surface area (Å²) in [5.41, 5.74) is -0.946. The van der Waals surface area contributed by atoms with Crippen LogP contribution in [0, 0.1) is 13.1 Å². The van der Waals surface area contributed by atoms with E-state index >= 15 is 0 Å². The van der Waals surface area contributed by atoms with Crippen LogP contribution >= 0.6 is 40.0 Å². The van der Waals surface area contributed by atoms with Crippen LogP contribution in [0.2, 0.25) is 0 Å². The topological polar surface area (TPSA) is 66.8 Å². The number of methoxy groups -OCH3 is 1. The fourth-order valence-electron chi connectivity index (χ4n) is 1.53. The first-order valence-corrected chi connectivity index (χ1v) is 14.6. The van der Waals surface area contributed by atoms with E-state index in [1.807, 2.05) is 13.8 Å². The third-order valence-corrected chi connectivity index (χ3v) is 2.68. The van der Waals surface area contributed by atoms with Crippen LogP contribution in [0.15, 0.2) is 0 Å². The largest absolute Gasteiger partial charge is 0 e. The molecule has 20 heavy (non-hydrogen) atoms. The van der Waals surface area contributed by atoms with Crippen LogP contribution in [0.3, 0.4) is 0 Å². The number of amides is 1. The number of hydrogen-bond donors (Lipinski definition) is 1. The van der Waals surface area contributed by atoms with Crippen molar-refractivity contribution in [3.63, 3.8) is 0 Å². The number of carboxylic acid groups (broad SMARTS) is 1. The van der Waals surface area contributed by atoms with Gasteiger partial charge >= 0.3 is 49.4 Å². The zero-order chi connectivity index (χ0) is 15.5. The molecule has 0 spiro atoms. The van der Waals surface area contributed by atoms with Gasteiger partial charge in [-0.15, -0.1) is 0 Å². The maximum Gasteiger partial charge on any atom is 0 e. The predicted octanol–water partition coefficient (Wildman–Crippen LogP) is 3.21. The molecular formula is C11H19I2NO4VY-2. The van der Waals surface area contributed by atoms with Gasteiger partial charge in [0.15, 0.2) is 5.97 Å². The van der Waals surface area contributed by atoms with Crippen molar-refractivity contribution < 1.29 is 61.6 Å². The summed E-state index contributed by atoms with van der Waals surface area (Å²) in [4.78, 5) is 23.7. The van der Waals surface area contributed by atoms with Crippen molar-refractivity contribution >= 4 is 51.8 Å². The number of carboxylic acids is 1. The summed E-state index contributed by atoms with van der Waals surface area (Å²) in [5.74, 6) is -1.52. The molecule has 0 heterocycles. The van der Waals surface area contributed by atoms with Gasteiger partial charge in [-0.1, -0.05) is 13.8 Å². The Hall–Kier alpha value is 1.92. The Morgan fingerprint density at radius 3 is 1.95 bits per heavy atom. The Balaban J connectivity index is -0.000000657. The van der Waals surface area contributed by atoms with Crippen LogP contribution < -0.4 is 0 Å². The van der Waals surface area contributed by atoms with Gasteiger partial charge in [-0.3, -0.25) is 16.1 Å². The third kappa shape index (κ3) is 9.84. The number of nitrogens with zero attached hydrogens (tertiary/aromatic N) is 1. The fourth-order valence-corrected chi connectivity index (χ4v) is 1.53. The molecule has 5 nitrogen and oxygen atoms in total. The van der Waals surface area contributed by atoms with E-state index in [1.54, 1.807) is 6.92 Å². The molecule has 0 aliphatic heterocycles. The number of carbonyl (C=O) groups is 2. The van der Waals surface area contributed by atoms with Crippen LogP contribution in [-0.4, -0.2) is 34.6 Å². The molecule has 0 unspecified atom stereocenters. The Morgan fingerprint density at radius 2 is 1.75 bits per heavy atom. The Kier molecular flexibility index (Phi) is 21.2. The number of carbonyl (C=O) groups excluding carboxylic acids is 1. The molecule has 0 fully saturated rings. The molecule has 0 aromatic rings. The van der Waals surface area contributed by atoms with E-state index in [0.29, 0.717) is 22.3 Å². The molecule has 9 heteroatoms. The van der Waals surface area contributed by atoms with Crippen LogP contribution in [0.1, 0.15) is 33.6 Å². The van der Waals surface area contributed by atoms with Crippen molar-refractivity contribution in [1.82, 2.24) is 4.90 Å². The number of aliphatic carboxylic acids is 1. The van der Waals surface area contributed by atoms with Crippen molar-refractivity contribution in [3.8, 4) is 0 Å². The summed E-state index contributed by atoms with van der Waals surface area (Å²) in [5, 5.41) is 8.64. The standard InChI is InChI=1S/C11H19NO4.2HI.V.Y/c1-5-11(6-2,16-4)10(15)12(7-3)8-9(13)14;;;;/h7-8H,5-6H2,1-4H3,(H,13,14);2*1H;;/q-2;;;+2;/p-2. The van der Waals surface area contributed by atoms with Gasteiger partial charge in [-0.25, -0.2) is 6.54 Å². The van der Waals surface area contributed by atoms with Crippen molar-refractivity contribution in [2.75, 3.05) is 7.11 Å². The Bertz CT molecular complexity index is 273. The van der Waals surface area contributed by atoms with Gasteiger partial charge in [0.25, 0.3) is 0 Å². The maximum atomic E-state index is 12.1. The first-order valence-electron chi connectivity index (χ1n) is 5.56. The van der Waals surface area contributed by atoms with E-state index in [4.69, 9.17) is 9.84 Å². The molecule has 0 aliphatic carbocycles.